The Labute approximate surface area is 81.9 Å². The van der Waals surface area contributed by atoms with Crippen molar-refractivity contribution >= 4 is 0 Å². The summed E-state index contributed by atoms with van der Waals surface area (Å²) < 4.78 is 0. The Morgan fingerprint density at radius 3 is 2.77 bits per heavy atom. The lowest BCUT2D eigenvalue weighted by atomic mass is 10.00. The van der Waals surface area contributed by atoms with Crippen LogP contribution in [0.3, 0.4) is 0 Å². The first kappa shape index (κ1) is 10.5. The van der Waals surface area contributed by atoms with E-state index in [1.807, 2.05) is 0 Å². The molecule has 1 rings (SSSR count). The summed E-state index contributed by atoms with van der Waals surface area (Å²) in [5, 5.41) is 3.54. The maximum atomic E-state index is 3.54. The Bertz CT molecular complexity index is 203. The molecule has 0 aliphatic heterocycles. The minimum Gasteiger partial charge on any atom is -0.314 e. The molecule has 0 bridgehead atoms. The fourth-order valence-corrected chi connectivity index (χ4v) is 1.48. The number of nitrogens with one attached hydrogen (secondary N) is 1. The van der Waals surface area contributed by atoms with E-state index in [1.165, 1.54) is 6.42 Å². The SMILES string of the molecule is CCC(C)NCC(C)C1=CC=CC1. The fourth-order valence-electron chi connectivity index (χ4n) is 1.48. The third-order valence-corrected chi connectivity index (χ3v) is 2.82. The first-order valence-electron chi connectivity index (χ1n) is 5.33. The van der Waals surface area contributed by atoms with Crippen molar-refractivity contribution in [2.24, 2.45) is 5.92 Å². The summed E-state index contributed by atoms with van der Waals surface area (Å²) in [6.45, 7) is 7.88. The van der Waals surface area contributed by atoms with Crippen LogP contribution in [0.4, 0.5) is 0 Å². The number of hydrogen-bond acceptors (Lipinski definition) is 1. The standard InChI is InChI=1S/C12H21N/c1-4-11(3)13-9-10(2)12-7-5-6-8-12/h5-7,10-11,13H,4,8-9H2,1-3H3. The third-order valence-electron chi connectivity index (χ3n) is 2.82. The molecule has 0 saturated carbocycles. The molecule has 0 aromatic carbocycles. The molecule has 1 heteroatoms. The highest BCUT2D eigenvalue weighted by atomic mass is 14.9. The molecule has 1 nitrogen and oxygen atoms in total. The van der Waals surface area contributed by atoms with Gasteiger partial charge in [-0.2, -0.15) is 0 Å². The molecule has 0 aromatic heterocycles. The second-order valence-corrected chi connectivity index (χ2v) is 3.99. The lowest BCUT2D eigenvalue weighted by molar-refractivity contribution is 0.484. The van der Waals surface area contributed by atoms with Gasteiger partial charge in [0.25, 0.3) is 0 Å². The van der Waals surface area contributed by atoms with Gasteiger partial charge in [0.05, 0.1) is 0 Å². The van der Waals surface area contributed by atoms with E-state index in [0.717, 1.165) is 13.0 Å². The van der Waals surface area contributed by atoms with Crippen LogP contribution in [-0.2, 0) is 0 Å². The van der Waals surface area contributed by atoms with Crippen LogP contribution in [0, 0.1) is 5.92 Å². The fraction of sp³-hybridized carbons (Fsp3) is 0.667. The molecule has 0 amide bonds. The van der Waals surface area contributed by atoms with Crippen molar-refractivity contribution in [1.82, 2.24) is 5.32 Å². The molecular formula is C12H21N. The summed E-state index contributed by atoms with van der Waals surface area (Å²) in [5.74, 6) is 0.684. The van der Waals surface area contributed by atoms with E-state index in [1.54, 1.807) is 5.57 Å². The monoisotopic (exact) mass is 179 g/mol. The van der Waals surface area contributed by atoms with Gasteiger partial charge in [-0.3, -0.25) is 0 Å². The summed E-state index contributed by atoms with van der Waals surface area (Å²) in [6.07, 6.45) is 9.01. The third kappa shape index (κ3) is 3.35. The van der Waals surface area contributed by atoms with Gasteiger partial charge in [-0.25, -0.2) is 0 Å². The van der Waals surface area contributed by atoms with Gasteiger partial charge >= 0.3 is 0 Å². The van der Waals surface area contributed by atoms with Gasteiger partial charge in [-0.15, -0.1) is 0 Å². The van der Waals surface area contributed by atoms with Gasteiger partial charge in [-0.05, 0) is 25.7 Å². The molecule has 1 aliphatic carbocycles. The molecule has 0 heterocycles. The maximum absolute atomic E-state index is 3.54. The van der Waals surface area contributed by atoms with E-state index < -0.39 is 0 Å². The molecule has 2 atom stereocenters. The highest BCUT2D eigenvalue weighted by Gasteiger charge is 2.09. The summed E-state index contributed by atoms with van der Waals surface area (Å²) in [7, 11) is 0. The Balaban J connectivity index is 2.21. The minimum atomic E-state index is 0.650. The van der Waals surface area contributed by atoms with Gasteiger partial charge in [0.2, 0.25) is 0 Å². The predicted molar refractivity (Wildman–Crippen MR) is 58.8 cm³/mol. The van der Waals surface area contributed by atoms with Crippen molar-refractivity contribution in [2.75, 3.05) is 6.54 Å². The van der Waals surface area contributed by atoms with Crippen molar-refractivity contribution in [2.45, 2.75) is 39.7 Å². The summed E-state index contributed by atoms with van der Waals surface area (Å²) >= 11 is 0. The Kier molecular flexibility index (Phi) is 4.23. The summed E-state index contributed by atoms with van der Waals surface area (Å²) in [4.78, 5) is 0. The van der Waals surface area contributed by atoms with Crippen LogP contribution in [0.25, 0.3) is 0 Å². The van der Waals surface area contributed by atoms with Crippen LogP contribution in [0.2, 0.25) is 0 Å². The van der Waals surface area contributed by atoms with Gasteiger partial charge in [-0.1, -0.05) is 37.6 Å². The lowest BCUT2D eigenvalue weighted by Gasteiger charge is -2.17. The van der Waals surface area contributed by atoms with E-state index >= 15 is 0 Å². The molecule has 1 aliphatic rings. The average Bonchev–Trinajstić information content (AvgIpc) is 2.66. The first-order chi connectivity index (χ1) is 6.24. The van der Waals surface area contributed by atoms with E-state index in [2.05, 4.69) is 44.3 Å². The molecule has 0 fully saturated rings. The van der Waals surface area contributed by atoms with Gasteiger partial charge in [0, 0.05) is 12.6 Å². The molecule has 13 heavy (non-hydrogen) atoms. The van der Waals surface area contributed by atoms with E-state index in [0.29, 0.717) is 12.0 Å². The van der Waals surface area contributed by atoms with Crippen LogP contribution in [-0.4, -0.2) is 12.6 Å². The zero-order valence-corrected chi connectivity index (χ0v) is 9.01. The molecule has 0 saturated heterocycles. The zero-order valence-electron chi connectivity index (χ0n) is 9.01. The average molecular weight is 179 g/mol. The van der Waals surface area contributed by atoms with Crippen molar-refractivity contribution in [3.8, 4) is 0 Å². The summed E-state index contributed by atoms with van der Waals surface area (Å²) in [6, 6.07) is 0.650. The van der Waals surface area contributed by atoms with Gasteiger partial charge in [0.1, 0.15) is 0 Å². The summed E-state index contributed by atoms with van der Waals surface area (Å²) in [5.41, 5.74) is 1.57. The van der Waals surface area contributed by atoms with Crippen molar-refractivity contribution < 1.29 is 0 Å². The topological polar surface area (TPSA) is 12.0 Å². The normalized spacial score (nSPS) is 20.1. The van der Waals surface area contributed by atoms with Crippen LogP contribution < -0.4 is 5.32 Å². The lowest BCUT2D eigenvalue weighted by Crippen LogP contribution is -2.30. The molecule has 2 unspecified atom stereocenters. The number of rotatable bonds is 5. The van der Waals surface area contributed by atoms with Crippen molar-refractivity contribution in [3.05, 3.63) is 23.8 Å². The molecule has 0 spiro atoms. The molecule has 74 valence electrons. The Morgan fingerprint density at radius 2 is 2.23 bits per heavy atom. The minimum absolute atomic E-state index is 0.650. The van der Waals surface area contributed by atoms with Crippen LogP contribution in [0.1, 0.15) is 33.6 Å². The molecule has 1 N–H and O–H groups in total. The quantitative estimate of drug-likeness (QED) is 0.684. The molecule has 0 aromatic rings. The second kappa shape index (κ2) is 5.23. The highest BCUT2D eigenvalue weighted by Crippen LogP contribution is 2.19. The number of hydrogen-bond donors (Lipinski definition) is 1. The second-order valence-electron chi connectivity index (χ2n) is 3.99. The molecular weight excluding hydrogens is 158 g/mol. The van der Waals surface area contributed by atoms with Crippen LogP contribution in [0.15, 0.2) is 23.8 Å². The maximum Gasteiger partial charge on any atom is 0.00363 e. The number of allylic oxidation sites excluding steroid dienone is 3. The van der Waals surface area contributed by atoms with Crippen LogP contribution >= 0.6 is 0 Å². The van der Waals surface area contributed by atoms with Gasteiger partial charge < -0.3 is 5.32 Å². The van der Waals surface area contributed by atoms with Crippen molar-refractivity contribution in [1.29, 1.82) is 0 Å². The first-order valence-corrected chi connectivity index (χ1v) is 5.33. The Morgan fingerprint density at radius 1 is 1.46 bits per heavy atom. The zero-order chi connectivity index (χ0) is 9.68. The largest absolute Gasteiger partial charge is 0.314 e. The van der Waals surface area contributed by atoms with Crippen molar-refractivity contribution in [3.63, 3.8) is 0 Å². The predicted octanol–water partition coefficient (Wildman–Crippen LogP) is 2.90. The Hall–Kier alpha value is -0.560. The van der Waals surface area contributed by atoms with E-state index in [4.69, 9.17) is 0 Å². The van der Waals surface area contributed by atoms with E-state index in [9.17, 15) is 0 Å². The van der Waals surface area contributed by atoms with Crippen LogP contribution in [0.5, 0.6) is 0 Å². The van der Waals surface area contributed by atoms with Gasteiger partial charge in [0.15, 0.2) is 0 Å². The van der Waals surface area contributed by atoms with E-state index in [-0.39, 0.29) is 0 Å². The highest BCUT2D eigenvalue weighted by molar-refractivity contribution is 5.24. The smallest absolute Gasteiger partial charge is 0.00363 e. The molecule has 0 radical (unpaired) electrons.